The highest BCUT2D eigenvalue weighted by molar-refractivity contribution is 7.15. The van der Waals surface area contributed by atoms with Crippen LogP contribution in [0.4, 0.5) is 5.95 Å². The average molecular weight is 949 g/mol. The molecule has 1 saturated heterocycles. The zero-order chi connectivity index (χ0) is 48.0. The molecule has 1 aliphatic carbocycles. The third kappa shape index (κ3) is 9.77. The molecule has 1 saturated carbocycles. The molecule has 2 aromatic carbocycles. The van der Waals surface area contributed by atoms with Crippen molar-refractivity contribution in [1.82, 2.24) is 30.0 Å². The van der Waals surface area contributed by atoms with Crippen molar-refractivity contribution < 1.29 is 28.5 Å². The predicted molar refractivity (Wildman–Crippen MR) is 257 cm³/mol. The van der Waals surface area contributed by atoms with Crippen molar-refractivity contribution in [1.29, 1.82) is 5.26 Å². The molecular formula is C50H58ClN9O6S. The lowest BCUT2D eigenvalue weighted by atomic mass is 9.49. The van der Waals surface area contributed by atoms with E-state index in [1.54, 1.807) is 41.9 Å². The van der Waals surface area contributed by atoms with Gasteiger partial charge in [-0.15, -0.1) is 21.5 Å². The summed E-state index contributed by atoms with van der Waals surface area (Å²) in [6, 6.07) is 14.2. The number of nitriles is 1. The van der Waals surface area contributed by atoms with Gasteiger partial charge in [0.25, 0.3) is 5.91 Å². The van der Waals surface area contributed by atoms with E-state index < -0.39 is 22.5 Å². The van der Waals surface area contributed by atoms with E-state index in [2.05, 4.69) is 78.0 Å². The quantitative estimate of drug-likeness (QED) is 0.0877. The number of benzene rings is 2. The summed E-state index contributed by atoms with van der Waals surface area (Å²) in [4.78, 5) is 44.2. The molecule has 0 bridgehead atoms. The van der Waals surface area contributed by atoms with E-state index in [9.17, 15) is 14.9 Å². The smallest absolute Gasteiger partial charge is 0.308 e. The largest absolute Gasteiger partial charge is 0.491 e. The highest BCUT2D eigenvalue weighted by Crippen LogP contribution is 2.55. The Bertz CT molecular complexity index is 2710. The fraction of sp³-hybridized carbons (Fsp3) is 0.480. The van der Waals surface area contributed by atoms with Crippen LogP contribution < -0.4 is 19.7 Å². The number of esters is 1. The van der Waals surface area contributed by atoms with Crippen molar-refractivity contribution in [3.05, 3.63) is 104 Å². The Morgan fingerprint density at radius 1 is 0.955 bits per heavy atom. The molecule has 0 radical (unpaired) electrons. The van der Waals surface area contributed by atoms with Crippen LogP contribution in [-0.4, -0.2) is 92.5 Å². The molecule has 1 N–H and O–H groups in total. The summed E-state index contributed by atoms with van der Waals surface area (Å²) in [6.45, 7) is 22.2. The van der Waals surface area contributed by atoms with Crippen molar-refractivity contribution >= 4 is 46.5 Å². The van der Waals surface area contributed by atoms with Crippen LogP contribution in [0, 0.1) is 42.9 Å². The number of aliphatic imine (C=N–C) groups is 1. The van der Waals surface area contributed by atoms with Crippen molar-refractivity contribution in [3.8, 4) is 22.6 Å². The van der Waals surface area contributed by atoms with Crippen LogP contribution >= 0.6 is 22.9 Å². The lowest BCUT2D eigenvalue weighted by Crippen LogP contribution is -2.74. The summed E-state index contributed by atoms with van der Waals surface area (Å²) in [6.07, 6.45) is 4.67. The van der Waals surface area contributed by atoms with Crippen molar-refractivity contribution in [2.24, 2.45) is 15.8 Å². The number of anilines is 1. The van der Waals surface area contributed by atoms with Crippen LogP contribution in [0.5, 0.6) is 11.5 Å². The van der Waals surface area contributed by atoms with Gasteiger partial charge in [-0.1, -0.05) is 39.3 Å². The number of nitrogens with one attached hydrogen (secondary N) is 1. The number of carbonyl (C=O) groups excluding carboxylic acids is 2. The lowest BCUT2D eigenvalue weighted by Gasteiger charge is -2.63. The summed E-state index contributed by atoms with van der Waals surface area (Å²) < 4.78 is 26.5. The van der Waals surface area contributed by atoms with Gasteiger partial charge in [-0.25, -0.2) is 9.97 Å². The van der Waals surface area contributed by atoms with Crippen LogP contribution in [0.3, 0.4) is 0 Å². The van der Waals surface area contributed by atoms with Crippen LogP contribution in [0.15, 0.2) is 59.9 Å². The molecule has 3 aliphatic rings. The number of nitrogens with zero attached hydrogens (tertiary/aromatic N) is 8. The number of ether oxygens (including phenoxy) is 4. The van der Waals surface area contributed by atoms with Gasteiger partial charge in [-0.05, 0) is 96.3 Å². The molecular weight excluding hydrogens is 890 g/mol. The third-order valence-electron chi connectivity index (χ3n) is 12.9. The predicted octanol–water partition coefficient (Wildman–Crippen LogP) is 8.87. The Balaban J connectivity index is 0.815. The van der Waals surface area contributed by atoms with Crippen LogP contribution in [0.2, 0.25) is 5.02 Å². The van der Waals surface area contributed by atoms with Gasteiger partial charge in [0, 0.05) is 64.4 Å². The number of thiophene rings is 1. The fourth-order valence-corrected chi connectivity index (χ4v) is 11.2. The summed E-state index contributed by atoms with van der Waals surface area (Å²) in [5.41, 5.74) is 3.18. The maximum atomic E-state index is 13.5. The van der Waals surface area contributed by atoms with E-state index in [1.807, 2.05) is 56.5 Å². The number of rotatable bonds is 13. The lowest BCUT2D eigenvalue weighted by molar-refractivity contribution is -0.164. The summed E-state index contributed by atoms with van der Waals surface area (Å²) in [5.74, 6) is 2.63. The highest BCUT2D eigenvalue weighted by Gasteiger charge is 2.64. The van der Waals surface area contributed by atoms with Gasteiger partial charge in [-0.2, -0.15) is 5.26 Å². The molecule has 1 atom stereocenters. The minimum absolute atomic E-state index is 0.0331. The molecule has 2 fully saturated rings. The first-order valence-corrected chi connectivity index (χ1v) is 23.9. The first kappa shape index (κ1) is 47.6. The zero-order valence-electron chi connectivity index (χ0n) is 39.8. The number of aryl methyl sites for hydroxylation is 2. The molecule has 0 unspecified atom stereocenters. The Morgan fingerprint density at radius 3 is 2.27 bits per heavy atom. The number of carbonyl (C=O) groups is 2. The SMILES string of the molecule is Cc1sc2c(c1C)C(c1ccc(OCCOC3CCN(c4ncc(C(=O)NC5C(C)(C)C(Oc6ccc(C#N)c(Cl)c6)C5(C)C)cn4)CC3)cc1)=N[C@@H](CC(=O)OC(C)(C)C)c1nnc(C)n1-2. The number of hydrogen-bond donors (Lipinski definition) is 1. The second-order valence-electron chi connectivity index (χ2n) is 19.7. The van der Waals surface area contributed by atoms with Crippen LogP contribution in [0.25, 0.3) is 5.00 Å². The Morgan fingerprint density at radius 2 is 1.63 bits per heavy atom. The van der Waals surface area contributed by atoms with E-state index in [0.717, 1.165) is 59.2 Å². The standard InChI is InChI=1S/C50H58ClN9O6S/c1-28-29(2)67-44-40(28)41(55-38(24-39(61)66-48(4,5)6)42-58-57-30(3)60(42)44)31-11-14-34(15-12-31)63-21-22-64-35-17-19-59(20-18-35)47-53-26-33(27-54-47)43(62)56-45-49(7,8)46(50(45,9)10)65-36-16-13-32(25-52)37(51)23-36/h11-16,23,26-27,35,38,45-46H,17-22,24H2,1-10H3,(H,56,62)/t38-,45?,46?/m0/s1. The Hall–Kier alpha value is -5.89. The normalized spacial score (nSPS) is 19.8. The molecule has 352 valence electrons. The second kappa shape index (κ2) is 18.7. The minimum atomic E-state index is -0.626. The summed E-state index contributed by atoms with van der Waals surface area (Å²) >= 11 is 7.93. The third-order valence-corrected chi connectivity index (χ3v) is 14.4. The van der Waals surface area contributed by atoms with E-state index in [0.29, 0.717) is 52.6 Å². The van der Waals surface area contributed by atoms with Crippen LogP contribution in [0.1, 0.15) is 123 Å². The molecule has 0 spiro atoms. The van der Waals surface area contributed by atoms with Gasteiger partial charge in [0.1, 0.15) is 52.7 Å². The molecule has 15 nitrogen and oxygen atoms in total. The molecule has 1 amide bonds. The molecule has 3 aromatic heterocycles. The number of hydrogen-bond acceptors (Lipinski definition) is 14. The maximum absolute atomic E-state index is 13.5. The van der Waals surface area contributed by atoms with Gasteiger partial charge >= 0.3 is 5.97 Å². The number of aromatic nitrogens is 5. The first-order valence-electron chi connectivity index (χ1n) is 22.7. The van der Waals surface area contributed by atoms with E-state index in [-0.39, 0.29) is 36.5 Å². The van der Waals surface area contributed by atoms with E-state index in [4.69, 9.17) is 35.5 Å². The second-order valence-corrected chi connectivity index (χ2v) is 21.3. The monoisotopic (exact) mass is 947 g/mol. The van der Waals surface area contributed by atoms with Gasteiger partial charge < -0.3 is 29.2 Å². The average Bonchev–Trinajstić information content (AvgIpc) is 3.77. The van der Waals surface area contributed by atoms with Gasteiger partial charge in [0.05, 0.1) is 41.0 Å². The first-order chi connectivity index (χ1) is 31.7. The summed E-state index contributed by atoms with van der Waals surface area (Å²) in [5, 5.41) is 22.6. The molecule has 17 heteroatoms. The number of halogens is 1. The van der Waals surface area contributed by atoms with Crippen molar-refractivity contribution in [2.75, 3.05) is 31.2 Å². The Kier molecular flexibility index (Phi) is 13.3. The molecule has 5 aromatic rings. The number of fused-ring (bicyclic) bond motifs is 3. The highest BCUT2D eigenvalue weighted by atomic mass is 35.5. The fourth-order valence-electron chi connectivity index (χ4n) is 9.78. The molecule has 5 heterocycles. The number of amides is 1. The Labute approximate surface area is 400 Å². The summed E-state index contributed by atoms with van der Waals surface area (Å²) in [7, 11) is 0. The molecule has 67 heavy (non-hydrogen) atoms. The van der Waals surface area contributed by atoms with E-state index >= 15 is 0 Å². The van der Waals surface area contributed by atoms with Gasteiger partial charge in [-0.3, -0.25) is 19.1 Å². The molecule has 2 aliphatic heterocycles. The topological polar surface area (TPSA) is 179 Å². The minimum Gasteiger partial charge on any atom is -0.491 e. The number of piperidine rings is 1. The zero-order valence-corrected chi connectivity index (χ0v) is 41.3. The van der Waals surface area contributed by atoms with Crippen LogP contribution in [-0.2, 0) is 14.3 Å². The van der Waals surface area contributed by atoms with E-state index in [1.165, 1.54) is 4.88 Å². The van der Waals surface area contributed by atoms with Gasteiger partial charge in [0.15, 0.2) is 5.82 Å². The van der Waals surface area contributed by atoms with Crippen molar-refractivity contribution in [2.45, 2.75) is 118 Å². The van der Waals surface area contributed by atoms with Crippen molar-refractivity contribution in [3.63, 3.8) is 0 Å². The maximum Gasteiger partial charge on any atom is 0.308 e. The van der Waals surface area contributed by atoms with Gasteiger partial charge in [0.2, 0.25) is 5.95 Å². The molecule has 8 rings (SSSR count).